The Morgan fingerprint density at radius 1 is 1.00 bits per heavy atom. The van der Waals surface area contributed by atoms with E-state index in [-0.39, 0.29) is 18.5 Å². The van der Waals surface area contributed by atoms with E-state index in [1.165, 1.54) is 11.3 Å². The predicted octanol–water partition coefficient (Wildman–Crippen LogP) is 2.62. The molecule has 2 amide bonds. The van der Waals surface area contributed by atoms with Crippen LogP contribution in [0.2, 0.25) is 0 Å². The van der Waals surface area contributed by atoms with Crippen molar-refractivity contribution in [2.75, 3.05) is 5.32 Å². The summed E-state index contributed by atoms with van der Waals surface area (Å²) in [6, 6.07) is 19.6. The second kappa shape index (κ2) is 9.40. The van der Waals surface area contributed by atoms with E-state index in [1.807, 2.05) is 42.6 Å². The predicted molar refractivity (Wildman–Crippen MR) is 121 cm³/mol. The lowest BCUT2D eigenvalue weighted by atomic mass is 10.1. The summed E-state index contributed by atoms with van der Waals surface area (Å²) in [6.07, 6.45) is 0. The number of benzene rings is 2. The largest absolute Gasteiger partial charge is 0.369 e. The van der Waals surface area contributed by atoms with Crippen LogP contribution in [0.3, 0.4) is 0 Å². The molecule has 4 rings (SSSR count). The van der Waals surface area contributed by atoms with Crippen LogP contribution in [0.1, 0.15) is 28.9 Å². The first kappa shape index (κ1) is 21.2. The number of aromatic nitrogens is 4. The number of nitrogens with one attached hydrogen (secondary N) is 2. The molecule has 162 valence electrons. The normalized spacial score (nSPS) is 11.7. The summed E-state index contributed by atoms with van der Waals surface area (Å²) < 4.78 is 2.10. The molecule has 0 radical (unpaired) electrons. The van der Waals surface area contributed by atoms with Gasteiger partial charge in [-0.15, -0.1) is 11.3 Å². The van der Waals surface area contributed by atoms with Crippen molar-refractivity contribution >= 4 is 28.8 Å². The number of hydrogen-bond donors (Lipinski definition) is 2. The molecule has 2 aromatic heterocycles. The average molecular weight is 449 g/mol. The van der Waals surface area contributed by atoms with Gasteiger partial charge in [-0.25, -0.2) is 4.79 Å². The quantitative estimate of drug-likeness (QED) is 0.452. The van der Waals surface area contributed by atoms with Crippen LogP contribution in [0.15, 0.2) is 76.9 Å². The Morgan fingerprint density at radius 2 is 1.75 bits per heavy atom. The lowest BCUT2D eigenvalue weighted by Gasteiger charge is -2.16. The Labute approximate surface area is 187 Å². The molecule has 1 unspecified atom stereocenters. The molecule has 0 fully saturated rings. The van der Waals surface area contributed by atoms with E-state index in [2.05, 4.69) is 21.1 Å². The topological polar surface area (TPSA) is 111 Å². The summed E-state index contributed by atoms with van der Waals surface area (Å²) in [4.78, 5) is 37.9. The number of tetrazole rings is 1. The molecule has 0 bridgehead atoms. The number of carbonyl (C=O) groups is 2. The molecule has 0 aliphatic rings. The summed E-state index contributed by atoms with van der Waals surface area (Å²) in [5, 5.41) is 15.6. The van der Waals surface area contributed by atoms with Gasteiger partial charge in [0, 0.05) is 0 Å². The van der Waals surface area contributed by atoms with Crippen LogP contribution in [0.25, 0.3) is 5.00 Å². The maximum Gasteiger partial charge on any atom is 0.369 e. The number of para-hydroxylation sites is 1. The lowest BCUT2D eigenvalue weighted by molar-refractivity contribution is -0.117. The van der Waals surface area contributed by atoms with Crippen LogP contribution >= 0.6 is 11.3 Å². The fourth-order valence-corrected chi connectivity index (χ4v) is 3.79. The smallest absolute Gasteiger partial charge is 0.345 e. The molecule has 2 N–H and O–H groups in total. The fourth-order valence-electron chi connectivity index (χ4n) is 3.12. The van der Waals surface area contributed by atoms with Gasteiger partial charge in [-0.05, 0) is 52.6 Å². The zero-order valence-corrected chi connectivity index (χ0v) is 18.0. The van der Waals surface area contributed by atoms with Crippen LogP contribution < -0.4 is 16.3 Å². The molecular formula is C22H20N6O3S. The maximum absolute atomic E-state index is 12.8. The lowest BCUT2D eigenvalue weighted by Crippen LogP contribution is -2.31. The fraction of sp³-hybridized carbons (Fsp3) is 0.136. The minimum Gasteiger partial charge on any atom is -0.345 e. The van der Waals surface area contributed by atoms with E-state index in [9.17, 15) is 14.4 Å². The highest BCUT2D eigenvalue weighted by molar-refractivity contribution is 7.12. The van der Waals surface area contributed by atoms with Gasteiger partial charge < -0.3 is 10.6 Å². The third kappa shape index (κ3) is 4.65. The van der Waals surface area contributed by atoms with Crippen LogP contribution in [-0.2, 0) is 11.3 Å². The third-order valence-electron chi connectivity index (χ3n) is 4.74. The van der Waals surface area contributed by atoms with Crippen molar-refractivity contribution in [2.24, 2.45) is 0 Å². The summed E-state index contributed by atoms with van der Waals surface area (Å²) in [5.74, 6) is -0.820. The second-order valence-electron chi connectivity index (χ2n) is 6.98. The summed E-state index contributed by atoms with van der Waals surface area (Å²) in [5.41, 5.74) is 1.10. The van der Waals surface area contributed by atoms with Crippen LogP contribution in [0.5, 0.6) is 0 Å². The maximum atomic E-state index is 12.8. The molecule has 1 atom stereocenters. The molecule has 2 aromatic carbocycles. The SMILES string of the molecule is CC(NC(=O)c1ccccc1NC(=O)Cn1nnn(-c2cccs2)c1=O)c1ccccc1. The van der Waals surface area contributed by atoms with Gasteiger partial charge in [0.1, 0.15) is 11.5 Å². The molecule has 0 saturated heterocycles. The minimum absolute atomic E-state index is 0.210. The molecule has 0 aliphatic carbocycles. The van der Waals surface area contributed by atoms with Gasteiger partial charge in [0.05, 0.1) is 17.3 Å². The summed E-state index contributed by atoms with van der Waals surface area (Å²) >= 11 is 1.34. The molecule has 0 spiro atoms. The van der Waals surface area contributed by atoms with E-state index < -0.39 is 11.6 Å². The van der Waals surface area contributed by atoms with E-state index in [0.717, 1.165) is 14.9 Å². The third-order valence-corrected chi connectivity index (χ3v) is 5.58. The molecule has 2 heterocycles. The first-order chi connectivity index (χ1) is 15.5. The van der Waals surface area contributed by atoms with Crippen molar-refractivity contribution in [2.45, 2.75) is 19.5 Å². The van der Waals surface area contributed by atoms with Crippen molar-refractivity contribution in [3.05, 3.63) is 93.7 Å². The van der Waals surface area contributed by atoms with Crippen molar-refractivity contribution < 1.29 is 9.59 Å². The highest BCUT2D eigenvalue weighted by Gasteiger charge is 2.17. The minimum atomic E-state index is -0.523. The van der Waals surface area contributed by atoms with Gasteiger partial charge in [-0.1, -0.05) is 42.5 Å². The van der Waals surface area contributed by atoms with Gasteiger partial charge in [0.2, 0.25) is 5.91 Å². The molecule has 0 aliphatic heterocycles. The van der Waals surface area contributed by atoms with Gasteiger partial charge in [0.25, 0.3) is 5.91 Å². The van der Waals surface area contributed by atoms with E-state index >= 15 is 0 Å². The van der Waals surface area contributed by atoms with Crippen LogP contribution in [0, 0.1) is 0 Å². The highest BCUT2D eigenvalue weighted by atomic mass is 32.1. The van der Waals surface area contributed by atoms with Gasteiger partial charge in [-0.3, -0.25) is 9.59 Å². The number of thiophene rings is 1. The monoisotopic (exact) mass is 448 g/mol. The standard InChI is InChI=1S/C22H20N6O3S/c1-15(16-8-3-2-4-9-16)23-21(30)17-10-5-6-11-18(17)24-19(29)14-27-22(31)28(26-25-27)20-12-7-13-32-20/h2-13,15H,14H2,1H3,(H,23,30)(H,24,29). The number of carbonyl (C=O) groups excluding carboxylic acids is 2. The Morgan fingerprint density at radius 3 is 2.50 bits per heavy atom. The van der Waals surface area contributed by atoms with Crippen molar-refractivity contribution in [3.8, 4) is 5.00 Å². The average Bonchev–Trinajstić information content (AvgIpc) is 3.45. The van der Waals surface area contributed by atoms with Gasteiger partial charge in [0.15, 0.2) is 0 Å². The summed E-state index contributed by atoms with van der Waals surface area (Å²) in [7, 11) is 0. The van der Waals surface area contributed by atoms with Gasteiger partial charge in [-0.2, -0.15) is 9.36 Å². The Hall–Kier alpha value is -4.05. The first-order valence-electron chi connectivity index (χ1n) is 9.84. The van der Waals surface area contributed by atoms with Crippen LogP contribution in [0.4, 0.5) is 5.69 Å². The van der Waals surface area contributed by atoms with Crippen LogP contribution in [-0.4, -0.2) is 31.6 Å². The Kier molecular flexibility index (Phi) is 6.22. The molecular weight excluding hydrogens is 428 g/mol. The number of amides is 2. The highest BCUT2D eigenvalue weighted by Crippen LogP contribution is 2.18. The van der Waals surface area contributed by atoms with E-state index in [0.29, 0.717) is 16.3 Å². The molecule has 10 heteroatoms. The van der Waals surface area contributed by atoms with Crippen molar-refractivity contribution in [1.82, 2.24) is 25.1 Å². The molecule has 9 nitrogen and oxygen atoms in total. The summed E-state index contributed by atoms with van der Waals surface area (Å²) in [6.45, 7) is 1.55. The van der Waals surface area contributed by atoms with E-state index in [1.54, 1.807) is 36.4 Å². The zero-order chi connectivity index (χ0) is 22.5. The van der Waals surface area contributed by atoms with E-state index in [4.69, 9.17) is 0 Å². The number of anilines is 1. The molecule has 4 aromatic rings. The zero-order valence-electron chi connectivity index (χ0n) is 17.1. The molecule has 0 saturated carbocycles. The number of rotatable bonds is 7. The first-order valence-corrected chi connectivity index (χ1v) is 10.7. The molecule has 32 heavy (non-hydrogen) atoms. The van der Waals surface area contributed by atoms with Crippen molar-refractivity contribution in [1.29, 1.82) is 0 Å². The number of hydrogen-bond acceptors (Lipinski definition) is 6. The Balaban J connectivity index is 1.46. The Bertz CT molecular complexity index is 1280. The second-order valence-corrected chi connectivity index (χ2v) is 7.91. The van der Waals surface area contributed by atoms with Gasteiger partial charge >= 0.3 is 5.69 Å². The number of nitrogens with zero attached hydrogens (tertiary/aromatic N) is 4. The van der Waals surface area contributed by atoms with Crippen molar-refractivity contribution in [3.63, 3.8) is 0 Å².